The standard InChI is InChI=1S/C11H24N2S/c1-9(2)8-13(10(3)4)7-5-6-11(12)14/h9-10H,5-8H2,1-4H3,(H2,12,14). The van der Waals surface area contributed by atoms with Crippen molar-refractivity contribution in [1.82, 2.24) is 4.90 Å². The second-order valence-corrected chi connectivity index (χ2v) is 5.08. The van der Waals surface area contributed by atoms with E-state index in [1.165, 1.54) is 0 Å². The van der Waals surface area contributed by atoms with Crippen molar-refractivity contribution in [2.24, 2.45) is 11.7 Å². The van der Waals surface area contributed by atoms with Crippen LogP contribution in [0, 0.1) is 5.92 Å². The molecule has 0 atom stereocenters. The molecular weight excluding hydrogens is 192 g/mol. The highest BCUT2D eigenvalue weighted by Gasteiger charge is 2.10. The number of nitrogens with zero attached hydrogens (tertiary/aromatic N) is 1. The van der Waals surface area contributed by atoms with E-state index in [1.807, 2.05) is 0 Å². The first-order valence-electron chi connectivity index (χ1n) is 5.45. The van der Waals surface area contributed by atoms with Gasteiger partial charge in [-0.1, -0.05) is 26.1 Å². The Labute approximate surface area is 93.8 Å². The van der Waals surface area contributed by atoms with Crippen LogP contribution < -0.4 is 5.73 Å². The molecule has 0 aliphatic rings. The second kappa shape index (κ2) is 7.18. The Bertz CT molecular complexity index is 167. The molecule has 0 fully saturated rings. The van der Waals surface area contributed by atoms with E-state index in [0.717, 1.165) is 31.8 Å². The van der Waals surface area contributed by atoms with E-state index < -0.39 is 0 Å². The Balaban J connectivity index is 3.79. The molecule has 2 N–H and O–H groups in total. The highest BCUT2D eigenvalue weighted by molar-refractivity contribution is 7.80. The quantitative estimate of drug-likeness (QED) is 0.663. The fourth-order valence-electron chi connectivity index (χ4n) is 1.49. The SMILES string of the molecule is CC(C)CN(CCCC(N)=S)C(C)C. The molecule has 0 bridgehead atoms. The van der Waals surface area contributed by atoms with Crippen LogP contribution in [0.4, 0.5) is 0 Å². The Kier molecular flexibility index (Phi) is 7.11. The van der Waals surface area contributed by atoms with Crippen molar-refractivity contribution in [3.05, 3.63) is 0 Å². The van der Waals surface area contributed by atoms with Gasteiger partial charge < -0.3 is 10.6 Å². The van der Waals surface area contributed by atoms with Gasteiger partial charge in [0.2, 0.25) is 0 Å². The fourth-order valence-corrected chi connectivity index (χ4v) is 1.63. The van der Waals surface area contributed by atoms with Crippen LogP contribution in [0.25, 0.3) is 0 Å². The molecule has 14 heavy (non-hydrogen) atoms. The highest BCUT2D eigenvalue weighted by atomic mass is 32.1. The molecule has 0 amide bonds. The maximum atomic E-state index is 5.47. The van der Waals surface area contributed by atoms with Gasteiger partial charge in [-0.05, 0) is 39.2 Å². The summed E-state index contributed by atoms with van der Waals surface area (Å²) in [5.74, 6) is 0.724. The van der Waals surface area contributed by atoms with Crippen molar-refractivity contribution in [1.29, 1.82) is 0 Å². The lowest BCUT2D eigenvalue weighted by atomic mass is 10.1. The van der Waals surface area contributed by atoms with Gasteiger partial charge >= 0.3 is 0 Å². The van der Waals surface area contributed by atoms with Crippen molar-refractivity contribution in [2.75, 3.05) is 13.1 Å². The average molecular weight is 216 g/mol. The zero-order chi connectivity index (χ0) is 11.1. The third kappa shape index (κ3) is 7.27. The summed E-state index contributed by atoms with van der Waals surface area (Å²) >= 11 is 4.86. The summed E-state index contributed by atoms with van der Waals surface area (Å²) < 4.78 is 0. The van der Waals surface area contributed by atoms with Crippen molar-refractivity contribution >= 4 is 17.2 Å². The number of thiocarbonyl (C=S) groups is 1. The Morgan fingerprint density at radius 3 is 2.21 bits per heavy atom. The summed E-state index contributed by atoms with van der Waals surface area (Å²) in [7, 11) is 0. The van der Waals surface area contributed by atoms with Crippen molar-refractivity contribution in [3.8, 4) is 0 Å². The molecule has 3 heteroatoms. The van der Waals surface area contributed by atoms with Gasteiger partial charge in [0.05, 0.1) is 4.99 Å². The van der Waals surface area contributed by atoms with Crippen LogP contribution in [0.3, 0.4) is 0 Å². The predicted molar refractivity (Wildman–Crippen MR) is 67.6 cm³/mol. The monoisotopic (exact) mass is 216 g/mol. The Hall–Kier alpha value is -0.150. The Morgan fingerprint density at radius 1 is 1.29 bits per heavy atom. The molecule has 2 nitrogen and oxygen atoms in total. The van der Waals surface area contributed by atoms with Gasteiger partial charge in [-0.15, -0.1) is 0 Å². The molecular formula is C11H24N2S. The summed E-state index contributed by atoms with van der Waals surface area (Å²) in [5.41, 5.74) is 5.47. The summed E-state index contributed by atoms with van der Waals surface area (Å²) in [4.78, 5) is 3.13. The van der Waals surface area contributed by atoms with E-state index in [1.54, 1.807) is 0 Å². The third-order valence-electron chi connectivity index (χ3n) is 2.20. The van der Waals surface area contributed by atoms with Gasteiger partial charge in [-0.2, -0.15) is 0 Å². The van der Waals surface area contributed by atoms with Gasteiger partial charge in [0.1, 0.15) is 0 Å². The molecule has 0 saturated carbocycles. The average Bonchev–Trinajstić information content (AvgIpc) is 2.00. The summed E-state index contributed by atoms with van der Waals surface area (Å²) in [6.45, 7) is 11.3. The minimum absolute atomic E-state index is 0.615. The molecule has 0 rings (SSSR count). The smallest absolute Gasteiger partial charge is 0.0727 e. The number of nitrogens with two attached hydrogens (primary N) is 1. The summed E-state index contributed by atoms with van der Waals surface area (Å²) in [5, 5.41) is 0. The van der Waals surface area contributed by atoms with Crippen LogP contribution in [-0.4, -0.2) is 29.0 Å². The van der Waals surface area contributed by atoms with Crippen LogP contribution in [0.1, 0.15) is 40.5 Å². The molecule has 0 aromatic heterocycles. The van der Waals surface area contributed by atoms with Gasteiger partial charge in [-0.25, -0.2) is 0 Å². The lowest BCUT2D eigenvalue weighted by molar-refractivity contribution is 0.196. The van der Waals surface area contributed by atoms with Crippen LogP contribution in [-0.2, 0) is 0 Å². The van der Waals surface area contributed by atoms with E-state index in [9.17, 15) is 0 Å². The Morgan fingerprint density at radius 2 is 1.86 bits per heavy atom. The molecule has 0 aliphatic carbocycles. The third-order valence-corrected chi connectivity index (χ3v) is 2.40. The van der Waals surface area contributed by atoms with Crippen molar-refractivity contribution in [3.63, 3.8) is 0 Å². The normalized spacial score (nSPS) is 11.6. The molecule has 0 aromatic rings. The van der Waals surface area contributed by atoms with Gasteiger partial charge in [0, 0.05) is 12.6 Å². The van der Waals surface area contributed by atoms with Crippen molar-refractivity contribution < 1.29 is 0 Å². The molecule has 0 spiro atoms. The van der Waals surface area contributed by atoms with E-state index in [-0.39, 0.29) is 0 Å². The maximum absolute atomic E-state index is 5.47. The predicted octanol–water partition coefficient (Wildman–Crippen LogP) is 2.42. The lowest BCUT2D eigenvalue weighted by Gasteiger charge is -2.28. The van der Waals surface area contributed by atoms with Gasteiger partial charge in [0.25, 0.3) is 0 Å². The van der Waals surface area contributed by atoms with E-state index in [0.29, 0.717) is 11.0 Å². The molecule has 0 heterocycles. The van der Waals surface area contributed by atoms with Gasteiger partial charge in [-0.3, -0.25) is 0 Å². The maximum Gasteiger partial charge on any atom is 0.0727 e. The van der Waals surface area contributed by atoms with Crippen LogP contribution in [0.15, 0.2) is 0 Å². The first-order chi connectivity index (χ1) is 6.43. The molecule has 0 radical (unpaired) electrons. The van der Waals surface area contributed by atoms with E-state index in [4.69, 9.17) is 18.0 Å². The summed E-state index contributed by atoms with van der Waals surface area (Å²) in [6.07, 6.45) is 1.96. The van der Waals surface area contributed by atoms with E-state index >= 15 is 0 Å². The molecule has 84 valence electrons. The second-order valence-electron chi connectivity index (χ2n) is 4.55. The summed E-state index contributed by atoms with van der Waals surface area (Å²) in [6, 6.07) is 0.615. The first-order valence-corrected chi connectivity index (χ1v) is 5.86. The molecule has 0 unspecified atom stereocenters. The molecule has 0 aromatic carbocycles. The number of hydrogen-bond donors (Lipinski definition) is 1. The van der Waals surface area contributed by atoms with Gasteiger partial charge in [0.15, 0.2) is 0 Å². The van der Waals surface area contributed by atoms with Crippen LogP contribution in [0.5, 0.6) is 0 Å². The first kappa shape index (κ1) is 13.8. The zero-order valence-electron chi connectivity index (χ0n) is 9.92. The topological polar surface area (TPSA) is 29.3 Å². The van der Waals surface area contributed by atoms with Crippen LogP contribution in [0.2, 0.25) is 0 Å². The fraction of sp³-hybridized carbons (Fsp3) is 0.909. The van der Waals surface area contributed by atoms with E-state index in [2.05, 4.69) is 32.6 Å². The highest BCUT2D eigenvalue weighted by Crippen LogP contribution is 2.06. The zero-order valence-corrected chi connectivity index (χ0v) is 10.7. The van der Waals surface area contributed by atoms with Crippen LogP contribution >= 0.6 is 12.2 Å². The minimum Gasteiger partial charge on any atom is -0.393 e. The van der Waals surface area contributed by atoms with Crippen molar-refractivity contribution in [2.45, 2.75) is 46.6 Å². The largest absolute Gasteiger partial charge is 0.393 e. The molecule has 0 aliphatic heterocycles. The minimum atomic E-state index is 0.615. The number of rotatable bonds is 7. The number of hydrogen-bond acceptors (Lipinski definition) is 2. The lowest BCUT2D eigenvalue weighted by Crippen LogP contribution is -2.35. The molecule has 0 saturated heterocycles.